The smallest absolute Gasteiger partial charge is 0.444 e. The van der Waals surface area contributed by atoms with Gasteiger partial charge in [0.2, 0.25) is 0 Å². The van der Waals surface area contributed by atoms with Crippen LogP contribution in [0.3, 0.4) is 0 Å². The van der Waals surface area contributed by atoms with E-state index in [0.717, 1.165) is 18.2 Å². The summed E-state index contributed by atoms with van der Waals surface area (Å²) in [6, 6.07) is 2.86. The number of fused-ring (bicyclic) bond motifs is 1. The van der Waals surface area contributed by atoms with E-state index < -0.39 is 55.9 Å². The first-order chi connectivity index (χ1) is 10.9. The number of phenolic OH excluding ortho intramolecular Hbond substituents is 1. The lowest BCUT2D eigenvalue weighted by Gasteiger charge is -2.24. The highest BCUT2D eigenvalue weighted by Gasteiger charge is 2.67. The summed E-state index contributed by atoms with van der Waals surface area (Å²) in [7, 11) is -6.36. The van der Waals surface area contributed by atoms with Crippen LogP contribution < -0.4 is 9.84 Å². The van der Waals surface area contributed by atoms with Crippen LogP contribution in [0.25, 0.3) is 11.0 Å². The SMILES string of the molecule is O=c1c2cc(O)ccc2on1OS(=O)(=O)C(F)(F)C(F)(F)CCO. The van der Waals surface area contributed by atoms with Crippen LogP contribution >= 0.6 is 0 Å². The molecular weight excluding hydrogens is 366 g/mol. The summed E-state index contributed by atoms with van der Waals surface area (Å²) >= 11 is 0. The quantitative estimate of drug-likeness (QED) is 0.712. The Bertz CT molecular complexity index is 918. The first kappa shape index (κ1) is 18.1. The Kier molecular flexibility index (Phi) is 4.26. The third-order valence-electron chi connectivity index (χ3n) is 2.87. The van der Waals surface area contributed by atoms with Crippen LogP contribution in [-0.2, 0) is 10.1 Å². The third kappa shape index (κ3) is 2.80. The normalized spacial score (nSPS) is 13.4. The number of aliphatic hydroxyl groups is 1. The number of rotatable bonds is 6. The van der Waals surface area contributed by atoms with Gasteiger partial charge in [-0.05, 0) is 18.2 Å². The highest BCUT2D eigenvalue weighted by molar-refractivity contribution is 7.88. The molecule has 1 aromatic carbocycles. The topological polar surface area (TPSA) is 119 Å². The molecule has 0 aliphatic heterocycles. The zero-order valence-electron chi connectivity index (χ0n) is 11.4. The van der Waals surface area contributed by atoms with E-state index in [9.17, 15) is 35.9 Å². The molecule has 24 heavy (non-hydrogen) atoms. The highest BCUT2D eigenvalue weighted by Crippen LogP contribution is 2.41. The van der Waals surface area contributed by atoms with Crippen molar-refractivity contribution >= 4 is 21.1 Å². The summed E-state index contributed by atoms with van der Waals surface area (Å²) in [5.74, 6) is -5.58. The lowest BCUT2D eigenvalue weighted by Crippen LogP contribution is -2.51. The maximum atomic E-state index is 13.5. The molecule has 2 rings (SSSR count). The number of aliphatic hydroxyl groups excluding tert-OH is 1. The van der Waals surface area contributed by atoms with E-state index in [2.05, 4.69) is 8.81 Å². The molecule has 0 saturated carbocycles. The fourth-order valence-corrected chi connectivity index (χ4v) is 2.49. The predicted octanol–water partition coefficient (Wildman–Crippen LogP) is 0.669. The lowest BCUT2D eigenvalue weighted by molar-refractivity contribution is -0.170. The van der Waals surface area contributed by atoms with Gasteiger partial charge in [-0.3, -0.25) is 4.79 Å². The number of hydrogen-bond acceptors (Lipinski definition) is 7. The van der Waals surface area contributed by atoms with Gasteiger partial charge in [0.05, 0.1) is 5.39 Å². The Morgan fingerprint density at radius 1 is 1.25 bits per heavy atom. The molecule has 0 aliphatic rings. The van der Waals surface area contributed by atoms with Gasteiger partial charge in [0.15, 0.2) is 5.58 Å². The molecule has 0 amide bonds. The van der Waals surface area contributed by atoms with Gasteiger partial charge >= 0.3 is 26.9 Å². The minimum absolute atomic E-state index is 0.349. The van der Waals surface area contributed by atoms with Crippen LogP contribution in [0.4, 0.5) is 17.6 Å². The van der Waals surface area contributed by atoms with Crippen molar-refractivity contribution in [3.8, 4) is 5.75 Å². The number of nitrogens with zero attached hydrogens (tertiary/aromatic N) is 1. The van der Waals surface area contributed by atoms with Crippen molar-refractivity contribution in [1.82, 2.24) is 4.90 Å². The molecule has 0 radical (unpaired) electrons. The van der Waals surface area contributed by atoms with E-state index in [1.807, 2.05) is 0 Å². The molecule has 0 saturated heterocycles. The molecule has 134 valence electrons. The summed E-state index contributed by atoms with van der Waals surface area (Å²) in [6.45, 7) is -1.41. The fourth-order valence-electron chi connectivity index (χ4n) is 1.65. The molecule has 0 unspecified atom stereocenters. The minimum Gasteiger partial charge on any atom is -0.508 e. The lowest BCUT2D eigenvalue weighted by atomic mass is 10.2. The van der Waals surface area contributed by atoms with E-state index in [1.165, 1.54) is 0 Å². The van der Waals surface area contributed by atoms with E-state index in [4.69, 9.17) is 5.11 Å². The number of aromatic nitrogens is 1. The zero-order chi connectivity index (χ0) is 18.3. The van der Waals surface area contributed by atoms with Gasteiger partial charge in [-0.1, -0.05) is 0 Å². The van der Waals surface area contributed by atoms with E-state index in [-0.39, 0.29) is 5.58 Å². The predicted molar refractivity (Wildman–Crippen MR) is 69.2 cm³/mol. The first-order valence-corrected chi connectivity index (χ1v) is 7.50. The molecule has 0 bridgehead atoms. The van der Waals surface area contributed by atoms with Gasteiger partial charge in [-0.15, -0.1) is 0 Å². The Morgan fingerprint density at radius 3 is 2.46 bits per heavy atom. The molecule has 0 aliphatic carbocycles. The standard InChI is InChI=1S/C11H9F4NO7S/c12-10(13,3-4-17)11(14,15)24(20,21)23-16-9(19)7-5-6(18)1-2-8(7)22-16/h1-2,5,17-18H,3-4H2. The number of hydrogen-bond donors (Lipinski definition) is 2. The third-order valence-corrected chi connectivity index (χ3v) is 4.13. The van der Waals surface area contributed by atoms with Crippen LogP contribution in [0.1, 0.15) is 6.42 Å². The first-order valence-electron chi connectivity index (χ1n) is 6.09. The average molecular weight is 375 g/mol. The Hall–Kier alpha value is -2.28. The molecule has 0 fully saturated rings. The average Bonchev–Trinajstić information content (AvgIpc) is 2.74. The number of alkyl halides is 4. The maximum Gasteiger partial charge on any atom is 0.444 e. The van der Waals surface area contributed by atoms with Gasteiger partial charge < -0.3 is 14.7 Å². The van der Waals surface area contributed by atoms with Crippen molar-refractivity contribution < 1.29 is 45.0 Å². The second-order valence-electron chi connectivity index (χ2n) is 4.56. The largest absolute Gasteiger partial charge is 0.508 e. The van der Waals surface area contributed by atoms with Gasteiger partial charge in [0.25, 0.3) is 0 Å². The van der Waals surface area contributed by atoms with Gasteiger partial charge in [-0.25, -0.2) is 4.28 Å². The summed E-state index contributed by atoms with van der Waals surface area (Å²) in [5.41, 5.74) is -1.76. The Balaban J connectivity index is 2.46. The van der Waals surface area contributed by atoms with E-state index >= 15 is 0 Å². The van der Waals surface area contributed by atoms with Crippen LogP contribution in [-0.4, -0.2) is 41.3 Å². The van der Waals surface area contributed by atoms with Crippen LogP contribution in [0.5, 0.6) is 5.75 Å². The number of phenols is 1. The molecule has 8 nitrogen and oxygen atoms in total. The molecule has 2 N–H and O–H groups in total. The fraction of sp³-hybridized carbons (Fsp3) is 0.364. The van der Waals surface area contributed by atoms with Crippen molar-refractivity contribution in [2.24, 2.45) is 0 Å². The van der Waals surface area contributed by atoms with Gasteiger partial charge in [-0.2, -0.15) is 26.0 Å². The van der Waals surface area contributed by atoms with Crippen LogP contribution in [0.15, 0.2) is 27.5 Å². The second-order valence-corrected chi connectivity index (χ2v) is 6.13. The van der Waals surface area contributed by atoms with Crippen molar-refractivity contribution in [2.75, 3.05) is 6.61 Å². The van der Waals surface area contributed by atoms with Crippen molar-refractivity contribution in [3.05, 3.63) is 28.6 Å². The summed E-state index contributed by atoms with van der Waals surface area (Å²) in [4.78, 5) is 11.2. The maximum absolute atomic E-state index is 13.5. The van der Waals surface area contributed by atoms with E-state index in [0.29, 0.717) is 0 Å². The van der Waals surface area contributed by atoms with Crippen molar-refractivity contribution in [2.45, 2.75) is 17.6 Å². The summed E-state index contributed by atoms with van der Waals surface area (Å²) in [5, 5.41) is 11.4. The van der Waals surface area contributed by atoms with Crippen molar-refractivity contribution in [1.29, 1.82) is 0 Å². The summed E-state index contributed by atoms with van der Waals surface area (Å²) in [6.07, 6.45) is -1.86. The van der Waals surface area contributed by atoms with Gasteiger partial charge in [0.1, 0.15) is 5.75 Å². The highest BCUT2D eigenvalue weighted by atomic mass is 32.2. The van der Waals surface area contributed by atoms with Crippen LogP contribution in [0, 0.1) is 0 Å². The van der Waals surface area contributed by atoms with E-state index in [1.54, 1.807) is 0 Å². The number of benzene rings is 1. The Morgan fingerprint density at radius 2 is 1.88 bits per heavy atom. The molecule has 0 atom stereocenters. The number of aromatic hydroxyl groups is 1. The molecular formula is C11H9F4NO7S. The van der Waals surface area contributed by atoms with Crippen molar-refractivity contribution in [3.63, 3.8) is 0 Å². The zero-order valence-corrected chi connectivity index (χ0v) is 12.3. The Labute approximate surface area is 130 Å². The monoisotopic (exact) mass is 375 g/mol. The molecule has 1 aromatic heterocycles. The molecule has 1 heterocycles. The minimum atomic E-state index is -6.36. The molecule has 13 heteroatoms. The second kappa shape index (κ2) is 5.66. The summed E-state index contributed by atoms with van der Waals surface area (Å²) < 4.78 is 84.6. The molecule has 0 spiro atoms. The number of halogens is 4. The van der Waals surface area contributed by atoms with Gasteiger partial charge in [0, 0.05) is 17.9 Å². The molecule has 2 aromatic rings. The van der Waals surface area contributed by atoms with Crippen LogP contribution in [0.2, 0.25) is 0 Å².